The maximum atomic E-state index is 14.2. The molecule has 0 fully saturated rings. The van der Waals surface area contributed by atoms with Gasteiger partial charge >= 0.3 is 11.7 Å². The number of carbonyl (C=O) groups excluding carboxylic acids is 1. The van der Waals surface area contributed by atoms with Crippen molar-refractivity contribution in [3.05, 3.63) is 68.4 Å². The molecule has 12 heteroatoms. The zero-order valence-electron chi connectivity index (χ0n) is 20.7. The Morgan fingerprint density at radius 3 is 2.44 bits per heavy atom. The largest absolute Gasteiger partial charge is 0.496 e. The van der Waals surface area contributed by atoms with Crippen LogP contribution in [0.3, 0.4) is 0 Å². The van der Waals surface area contributed by atoms with Crippen molar-refractivity contribution in [1.29, 1.82) is 0 Å². The predicted molar refractivity (Wildman–Crippen MR) is 132 cm³/mol. The normalized spacial score (nSPS) is 12.6. The summed E-state index contributed by atoms with van der Waals surface area (Å²) in [5.41, 5.74) is -1.03. The van der Waals surface area contributed by atoms with Crippen molar-refractivity contribution in [2.75, 3.05) is 7.11 Å². The van der Waals surface area contributed by atoms with Gasteiger partial charge in [-0.15, -0.1) is 4.80 Å². The van der Waals surface area contributed by atoms with Crippen LogP contribution in [0.5, 0.6) is 5.75 Å². The number of aryl methyl sites for hydroxylation is 1. The van der Waals surface area contributed by atoms with Crippen molar-refractivity contribution in [2.24, 2.45) is 0 Å². The van der Waals surface area contributed by atoms with Crippen LogP contribution in [0.4, 0.5) is 4.39 Å². The van der Waals surface area contributed by atoms with Crippen LogP contribution in [0.15, 0.2) is 40.2 Å². The first-order valence-electron chi connectivity index (χ1n) is 11.1. The van der Waals surface area contributed by atoms with Gasteiger partial charge < -0.3 is 9.47 Å². The van der Waals surface area contributed by atoms with Gasteiger partial charge in [0, 0.05) is 23.6 Å². The molecule has 0 radical (unpaired) electrons. The number of ether oxygens (including phenoxy) is 2. The summed E-state index contributed by atoms with van der Waals surface area (Å²) in [6.07, 6.45) is 1.95. The second-order valence-corrected chi connectivity index (χ2v) is 10.2. The minimum Gasteiger partial charge on any atom is -0.496 e. The molecule has 0 saturated carbocycles. The second kappa shape index (κ2) is 9.34. The number of methoxy groups -OCH3 is 1. The fourth-order valence-electron chi connectivity index (χ4n) is 4.12. The highest BCUT2D eigenvalue weighted by Gasteiger charge is 2.29. The van der Waals surface area contributed by atoms with E-state index in [2.05, 4.69) is 10.2 Å². The van der Waals surface area contributed by atoms with Gasteiger partial charge in [-0.1, -0.05) is 11.3 Å². The van der Waals surface area contributed by atoms with E-state index in [9.17, 15) is 18.8 Å². The first-order chi connectivity index (χ1) is 16.9. The van der Waals surface area contributed by atoms with E-state index < -0.39 is 34.7 Å². The van der Waals surface area contributed by atoms with E-state index in [-0.39, 0.29) is 12.1 Å². The van der Waals surface area contributed by atoms with Crippen molar-refractivity contribution in [2.45, 2.75) is 52.8 Å². The van der Waals surface area contributed by atoms with E-state index in [4.69, 9.17) is 9.47 Å². The molecule has 190 valence electrons. The average molecular weight is 516 g/mol. The van der Waals surface area contributed by atoms with E-state index in [1.807, 2.05) is 0 Å². The Kier molecular flexibility index (Phi) is 6.56. The van der Waals surface area contributed by atoms with Crippen LogP contribution in [0.1, 0.15) is 44.9 Å². The van der Waals surface area contributed by atoms with Crippen molar-refractivity contribution >= 4 is 27.5 Å². The molecule has 0 bridgehead atoms. The molecule has 0 aliphatic carbocycles. The summed E-state index contributed by atoms with van der Waals surface area (Å²) in [5.74, 6) is -0.887. The topological polar surface area (TPSA) is 110 Å². The zero-order valence-corrected chi connectivity index (χ0v) is 21.6. The second-order valence-electron chi connectivity index (χ2n) is 9.22. The lowest BCUT2D eigenvalue weighted by atomic mass is 10.1. The van der Waals surface area contributed by atoms with Crippen molar-refractivity contribution < 1.29 is 18.7 Å². The standard InChI is InChI=1S/C24H26FN5O5S/c1-13-19-20(32)29(24(3,4)5)23(33)28(22(19)36-21(13)30-26-9-10-27-30)12-18(35-14(2)31)16-11-15(25)7-8-17(16)34-6/h7-11,18H,12H2,1-6H3. The third kappa shape index (κ3) is 4.43. The SMILES string of the molecule is COc1ccc(F)cc1C(Cn1c(=O)n(C(C)(C)C)c(=O)c2c(C)c(-n3nccn3)sc21)OC(C)=O. The molecule has 1 aromatic carbocycles. The third-order valence-corrected chi connectivity index (χ3v) is 6.93. The van der Waals surface area contributed by atoms with Crippen molar-refractivity contribution in [3.63, 3.8) is 0 Å². The Labute approximate surface area is 209 Å². The van der Waals surface area contributed by atoms with Crippen LogP contribution in [0, 0.1) is 12.7 Å². The highest BCUT2D eigenvalue weighted by molar-refractivity contribution is 7.21. The summed E-state index contributed by atoms with van der Waals surface area (Å²) >= 11 is 1.17. The van der Waals surface area contributed by atoms with Crippen LogP contribution in [-0.4, -0.2) is 37.2 Å². The number of benzene rings is 1. The number of fused-ring (bicyclic) bond motifs is 1. The van der Waals surface area contributed by atoms with Gasteiger partial charge in [-0.3, -0.25) is 18.7 Å². The smallest absolute Gasteiger partial charge is 0.332 e. The Morgan fingerprint density at radius 2 is 1.86 bits per heavy atom. The maximum absolute atomic E-state index is 14.2. The van der Waals surface area contributed by atoms with E-state index in [1.165, 1.54) is 69.9 Å². The van der Waals surface area contributed by atoms with Gasteiger partial charge in [0.25, 0.3) is 5.56 Å². The monoisotopic (exact) mass is 515 g/mol. The maximum Gasteiger partial charge on any atom is 0.332 e. The number of thiophene rings is 1. The van der Waals surface area contributed by atoms with E-state index in [0.29, 0.717) is 26.5 Å². The average Bonchev–Trinajstić information content (AvgIpc) is 3.42. The highest BCUT2D eigenvalue weighted by Crippen LogP contribution is 2.34. The molecule has 0 amide bonds. The Bertz CT molecular complexity index is 1560. The van der Waals surface area contributed by atoms with Gasteiger partial charge in [0.1, 0.15) is 27.5 Å². The number of esters is 1. The minimum absolute atomic E-state index is 0.184. The van der Waals surface area contributed by atoms with Crippen LogP contribution >= 0.6 is 11.3 Å². The summed E-state index contributed by atoms with van der Waals surface area (Å²) < 4.78 is 27.7. The number of aromatic nitrogens is 5. The molecule has 0 spiro atoms. The fourth-order valence-corrected chi connectivity index (χ4v) is 5.34. The molecule has 10 nitrogen and oxygen atoms in total. The minimum atomic E-state index is -1.08. The molecular weight excluding hydrogens is 489 g/mol. The molecule has 3 aromatic heterocycles. The Balaban J connectivity index is 2.04. The lowest BCUT2D eigenvalue weighted by molar-refractivity contribution is -0.147. The lowest BCUT2D eigenvalue weighted by Gasteiger charge is -2.25. The number of nitrogens with zero attached hydrogens (tertiary/aromatic N) is 5. The molecule has 36 heavy (non-hydrogen) atoms. The van der Waals surface area contributed by atoms with Gasteiger partial charge in [-0.2, -0.15) is 10.2 Å². The number of rotatable bonds is 6. The van der Waals surface area contributed by atoms with Crippen molar-refractivity contribution in [3.8, 4) is 10.8 Å². The van der Waals surface area contributed by atoms with Gasteiger partial charge in [-0.05, 0) is 45.9 Å². The first kappa shape index (κ1) is 25.3. The van der Waals surface area contributed by atoms with Crippen LogP contribution < -0.4 is 16.0 Å². The number of hydrogen-bond donors (Lipinski definition) is 0. The molecule has 0 N–H and O–H groups in total. The summed E-state index contributed by atoms with van der Waals surface area (Å²) in [4.78, 5) is 41.1. The molecular formula is C24H26FN5O5S. The van der Waals surface area contributed by atoms with E-state index in [0.717, 1.165) is 0 Å². The van der Waals surface area contributed by atoms with Gasteiger partial charge in [0.05, 0.1) is 31.4 Å². The molecule has 1 atom stereocenters. The summed E-state index contributed by atoms with van der Waals surface area (Å²) in [6, 6.07) is 3.85. The number of carbonyl (C=O) groups is 1. The van der Waals surface area contributed by atoms with E-state index in [1.54, 1.807) is 27.7 Å². The van der Waals surface area contributed by atoms with Gasteiger partial charge in [0.15, 0.2) is 0 Å². The molecule has 3 heterocycles. The van der Waals surface area contributed by atoms with Crippen molar-refractivity contribution in [1.82, 2.24) is 24.1 Å². The first-order valence-corrected chi connectivity index (χ1v) is 11.9. The third-order valence-electron chi connectivity index (χ3n) is 5.65. The lowest BCUT2D eigenvalue weighted by Crippen LogP contribution is -2.48. The number of halogens is 1. The van der Waals surface area contributed by atoms with E-state index >= 15 is 0 Å². The number of hydrogen-bond acceptors (Lipinski definition) is 8. The van der Waals surface area contributed by atoms with Crippen LogP contribution in [0.25, 0.3) is 15.2 Å². The van der Waals surface area contributed by atoms with Crippen LogP contribution in [0.2, 0.25) is 0 Å². The molecule has 4 aromatic rings. The molecule has 4 rings (SSSR count). The highest BCUT2D eigenvalue weighted by atomic mass is 32.1. The summed E-state index contributed by atoms with van der Waals surface area (Å²) in [6.45, 7) is 8.06. The predicted octanol–water partition coefficient (Wildman–Crippen LogP) is 3.32. The fraction of sp³-hybridized carbons (Fsp3) is 0.375. The summed E-state index contributed by atoms with van der Waals surface area (Å²) in [7, 11) is 1.41. The van der Waals surface area contributed by atoms with Crippen LogP contribution in [-0.2, 0) is 21.6 Å². The summed E-state index contributed by atoms with van der Waals surface area (Å²) in [5, 5.41) is 9.23. The van der Waals surface area contributed by atoms with Gasteiger partial charge in [0.2, 0.25) is 0 Å². The van der Waals surface area contributed by atoms with Gasteiger partial charge in [-0.25, -0.2) is 9.18 Å². The molecule has 0 saturated heterocycles. The molecule has 0 aliphatic heterocycles. The molecule has 0 aliphatic rings. The molecule has 1 unspecified atom stereocenters. The zero-order chi connectivity index (χ0) is 26.4. The Hall–Kier alpha value is -3.80. The quantitative estimate of drug-likeness (QED) is 0.362. The Morgan fingerprint density at radius 1 is 1.19 bits per heavy atom.